The van der Waals surface area contributed by atoms with E-state index in [9.17, 15) is 70.7 Å². The van der Waals surface area contributed by atoms with Crippen LogP contribution in [-0.4, -0.2) is 60.9 Å². The van der Waals surface area contributed by atoms with E-state index in [1.54, 1.807) is 20.8 Å². The van der Waals surface area contributed by atoms with Gasteiger partial charge in [-0.15, -0.1) is 0 Å². The van der Waals surface area contributed by atoms with Crippen LogP contribution >= 0.6 is 0 Å². The fourth-order valence-corrected chi connectivity index (χ4v) is 6.87. The number of carbonyl (C=O) groups is 1. The molecule has 4 atom stereocenters. The van der Waals surface area contributed by atoms with Gasteiger partial charge in [0.2, 0.25) is 0 Å². The van der Waals surface area contributed by atoms with Crippen molar-refractivity contribution in [3.05, 3.63) is 0 Å². The summed E-state index contributed by atoms with van der Waals surface area (Å²) in [5, 5.41) is 0. The molecule has 48 heavy (non-hydrogen) atoms. The molecule has 0 aromatic heterocycles. The van der Waals surface area contributed by atoms with Crippen molar-refractivity contribution >= 4 is 5.97 Å². The normalized spacial score (nSPS) is 27.1. The second-order valence-corrected chi connectivity index (χ2v) is 13.4. The minimum atomic E-state index is -6.68. The molecule has 2 unspecified atom stereocenters. The maximum atomic E-state index is 14.4. The van der Waals surface area contributed by atoms with Crippen LogP contribution in [0.4, 0.5) is 65.9 Å². The fraction of sp³-hybridized carbons (Fsp3) is 0.966. The summed E-state index contributed by atoms with van der Waals surface area (Å²) in [6, 6.07) is 0. The highest BCUT2D eigenvalue weighted by Gasteiger charge is 2.80. The van der Waals surface area contributed by atoms with Crippen LogP contribution in [0.2, 0.25) is 0 Å². The van der Waals surface area contributed by atoms with Crippen molar-refractivity contribution in [2.24, 2.45) is 35.0 Å². The maximum Gasteiger partial charge on any atom is 0.437 e. The zero-order valence-corrected chi connectivity index (χ0v) is 26.6. The molecule has 0 saturated heterocycles. The predicted molar refractivity (Wildman–Crippen MR) is 138 cm³/mol. The molecule has 0 N–H and O–H groups in total. The number of alkyl halides is 15. The summed E-state index contributed by atoms with van der Waals surface area (Å²) in [5.74, 6) is -9.17. The van der Waals surface area contributed by atoms with Gasteiger partial charge in [-0.05, 0) is 69.6 Å². The van der Waals surface area contributed by atoms with Gasteiger partial charge in [0.25, 0.3) is 5.60 Å². The van der Waals surface area contributed by atoms with E-state index >= 15 is 0 Å². The van der Waals surface area contributed by atoms with E-state index in [4.69, 9.17) is 4.74 Å². The van der Waals surface area contributed by atoms with Gasteiger partial charge in [-0.25, -0.2) is 0 Å². The topological polar surface area (TPSA) is 44.8 Å². The first-order chi connectivity index (χ1) is 21.4. The standard InChI is InChI=1S/C29H39F15O4/c1-6-22(5,25(30,31)32)21(45)48-24(28(39,40)41,29(42,43)44)18-10-8-17(9-11-18)23(26(33,34)35,27(36,37)38)47-14-46-20-13-16(4)7-12-19(20)15(2)3/h15-20H,6-14H2,1-5H3/t16-,17?,18?,19+,20?,22?/m1/s1. The van der Waals surface area contributed by atoms with Gasteiger partial charge in [0, 0.05) is 11.8 Å². The second kappa shape index (κ2) is 14.2. The summed E-state index contributed by atoms with van der Waals surface area (Å²) in [5.41, 5.74) is -14.6. The minimum Gasteiger partial charge on any atom is -0.438 e. The van der Waals surface area contributed by atoms with Crippen LogP contribution in [0.3, 0.4) is 0 Å². The highest BCUT2D eigenvalue weighted by atomic mass is 19.4. The van der Waals surface area contributed by atoms with E-state index in [2.05, 4.69) is 9.47 Å². The molecule has 0 aromatic carbocycles. The van der Waals surface area contributed by atoms with Gasteiger partial charge in [-0.2, -0.15) is 65.9 Å². The number of ether oxygens (including phenoxy) is 3. The summed E-state index contributed by atoms with van der Waals surface area (Å²) in [4.78, 5) is 12.4. The first-order valence-electron chi connectivity index (χ1n) is 15.3. The van der Waals surface area contributed by atoms with Gasteiger partial charge in [-0.3, -0.25) is 4.79 Å². The van der Waals surface area contributed by atoms with Crippen molar-refractivity contribution in [2.75, 3.05) is 6.79 Å². The lowest BCUT2D eigenvalue weighted by molar-refractivity contribution is -0.418. The van der Waals surface area contributed by atoms with E-state index < -0.39 is 110 Å². The Balaban J connectivity index is 2.50. The molecule has 0 radical (unpaired) electrons. The molecular formula is C29H39F15O4. The molecule has 0 heterocycles. The zero-order valence-electron chi connectivity index (χ0n) is 26.6. The van der Waals surface area contributed by atoms with Gasteiger partial charge in [0.15, 0.2) is 5.41 Å². The molecule has 2 fully saturated rings. The summed E-state index contributed by atoms with van der Waals surface area (Å²) in [6.07, 6.45) is -38.9. The van der Waals surface area contributed by atoms with E-state index in [0.717, 1.165) is 6.42 Å². The Kier molecular flexibility index (Phi) is 12.5. The molecule has 0 aromatic rings. The number of halogens is 15. The molecule has 2 saturated carbocycles. The Morgan fingerprint density at radius 1 is 0.667 bits per heavy atom. The lowest BCUT2D eigenvalue weighted by atomic mass is 9.67. The molecular weight excluding hydrogens is 697 g/mol. The number of hydrogen-bond donors (Lipinski definition) is 0. The van der Waals surface area contributed by atoms with E-state index in [1.807, 2.05) is 0 Å². The van der Waals surface area contributed by atoms with Crippen LogP contribution in [0.25, 0.3) is 0 Å². The van der Waals surface area contributed by atoms with Crippen LogP contribution in [0.15, 0.2) is 0 Å². The van der Waals surface area contributed by atoms with Crippen molar-refractivity contribution in [1.29, 1.82) is 0 Å². The molecule has 2 aliphatic rings. The predicted octanol–water partition coefficient (Wildman–Crippen LogP) is 10.5. The van der Waals surface area contributed by atoms with Crippen molar-refractivity contribution < 1.29 is 84.9 Å². The van der Waals surface area contributed by atoms with Crippen molar-refractivity contribution in [1.82, 2.24) is 0 Å². The van der Waals surface area contributed by atoms with Crippen molar-refractivity contribution in [2.45, 2.75) is 134 Å². The minimum absolute atomic E-state index is 0.00151. The molecule has 4 nitrogen and oxygen atoms in total. The molecule has 0 bridgehead atoms. The number of esters is 1. The highest BCUT2D eigenvalue weighted by molar-refractivity contribution is 5.78. The summed E-state index contributed by atoms with van der Waals surface area (Å²) in [7, 11) is 0. The molecule has 0 spiro atoms. The fourth-order valence-electron chi connectivity index (χ4n) is 6.87. The summed E-state index contributed by atoms with van der Waals surface area (Å²) < 4.78 is 227. The van der Waals surface area contributed by atoms with Crippen molar-refractivity contribution in [3.63, 3.8) is 0 Å². The summed E-state index contributed by atoms with van der Waals surface area (Å²) >= 11 is 0. The van der Waals surface area contributed by atoms with E-state index in [0.29, 0.717) is 13.3 Å². The number of carbonyl (C=O) groups excluding carboxylic acids is 1. The molecule has 2 aliphatic carbocycles. The molecule has 284 valence electrons. The smallest absolute Gasteiger partial charge is 0.437 e. The summed E-state index contributed by atoms with van der Waals surface area (Å²) in [6.45, 7) is 4.43. The van der Waals surface area contributed by atoms with Crippen LogP contribution < -0.4 is 0 Å². The zero-order chi connectivity index (χ0) is 37.5. The Morgan fingerprint density at radius 2 is 1.08 bits per heavy atom. The van der Waals surface area contributed by atoms with Crippen molar-refractivity contribution in [3.8, 4) is 0 Å². The van der Waals surface area contributed by atoms with Gasteiger partial charge >= 0.3 is 42.5 Å². The Labute approximate surface area is 267 Å². The average molecular weight is 737 g/mol. The monoisotopic (exact) mass is 736 g/mol. The van der Waals surface area contributed by atoms with Gasteiger partial charge in [0.05, 0.1) is 6.10 Å². The third kappa shape index (κ3) is 7.80. The third-order valence-corrected chi connectivity index (χ3v) is 10.1. The lowest BCUT2D eigenvalue weighted by Crippen LogP contribution is -2.67. The van der Waals surface area contributed by atoms with Crippen LogP contribution in [0.1, 0.15) is 86.0 Å². The van der Waals surface area contributed by atoms with Crippen LogP contribution in [0, 0.1) is 35.0 Å². The first kappa shape index (κ1) is 42.5. The highest BCUT2D eigenvalue weighted by Crippen LogP contribution is 2.60. The SMILES string of the molecule is CCC(C)(C(=O)OC(C1CCC(C(OCOC2C[C@H](C)CC[C@H]2C(C)C)(C(F)(F)F)C(F)(F)F)CC1)(C(F)(F)F)C(F)(F)F)C(F)(F)F. The molecule has 0 amide bonds. The number of rotatable bonds is 10. The largest absolute Gasteiger partial charge is 0.438 e. The van der Waals surface area contributed by atoms with Crippen LogP contribution in [0.5, 0.6) is 0 Å². The molecule has 19 heteroatoms. The average Bonchev–Trinajstić information content (AvgIpc) is 2.90. The number of hydrogen-bond acceptors (Lipinski definition) is 4. The molecule has 2 rings (SSSR count). The van der Waals surface area contributed by atoms with E-state index in [1.165, 1.54) is 0 Å². The van der Waals surface area contributed by atoms with Gasteiger partial charge in [0.1, 0.15) is 6.79 Å². The maximum absolute atomic E-state index is 14.4. The Bertz CT molecular complexity index is 1040. The lowest BCUT2D eigenvalue weighted by Gasteiger charge is -2.49. The van der Waals surface area contributed by atoms with Gasteiger partial charge in [-0.1, -0.05) is 34.1 Å². The quantitative estimate of drug-likeness (QED) is 0.127. The second-order valence-electron chi connectivity index (χ2n) is 13.4. The molecule has 0 aliphatic heterocycles. The Hall–Kier alpha value is -1.66. The third-order valence-electron chi connectivity index (χ3n) is 10.1. The first-order valence-corrected chi connectivity index (χ1v) is 15.3. The van der Waals surface area contributed by atoms with Gasteiger partial charge < -0.3 is 14.2 Å². The van der Waals surface area contributed by atoms with Crippen LogP contribution in [-0.2, 0) is 19.0 Å². The Morgan fingerprint density at radius 3 is 1.44 bits per heavy atom. The van der Waals surface area contributed by atoms with E-state index in [-0.39, 0.29) is 31.1 Å².